The lowest BCUT2D eigenvalue weighted by Crippen LogP contribution is -2.32. The van der Waals surface area contributed by atoms with Gasteiger partial charge >= 0.3 is 0 Å². The number of aliphatic imine (C=N–C) groups is 2. The summed E-state index contributed by atoms with van der Waals surface area (Å²) in [5.74, 6) is 1.10. The van der Waals surface area contributed by atoms with Gasteiger partial charge in [-0.25, -0.2) is 9.38 Å². The number of nitrogens with two attached hydrogens (primary N) is 1. The highest BCUT2D eigenvalue weighted by atomic mass is 19.1. The van der Waals surface area contributed by atoms with Crippen molar-refractivity contribution in [3.8, 4) is 0 Å². The smallest absolute Gasteiger partial charge is 0.156 e. The van der Waals surface area contributed by atoms with Crippen molar-refractivity contribution >= 4 is 17.4 Å². The number of halogens is 1. The van der Waals surface area contributed by atoms with E-state index in [1.54, 1.807) is 18.5 Å². The SMILES string of the molecule is NC1=CCC2N=C(C3=CC=CCC3F)N=C(Nc3ccncc3)C2=C1. The van der Waals surface area contributed by atoms with Crippen molar-refractivity contribution in [3.05, 3.63) is 71.7 Å². The molecule has 3 aliphatic rings. The molecule has 2 unspecified atom stereocenters. The molecule has 1 aliphatic heterocycles. The fraction of sp³-hybridized carbons (Fsp3) is 0.211. The van der Waals surface area contributed by atoms with Crippen LogP contribution in [0.3, 0.4) is 0 Å². The molecule has 3 N–H and O–H groups in total. The van der Waals surface area contributed by atoms with Crippen LogP contribution in [0.15, 0.2) is 81.7 Å². The van der Waals surface area contributed by atoms with Gasteiger partial charge in [0, 0.05) is 41.3 Å². The number of hydrogen-bond donors (Lipinski definition) is 2. The molecule has 1 aromatic heterocycles. The predicted molar refractivity (Wildman–Crippen MR) is 98.2 cm³/mol. The molecule has 0 amide bonds. The van der Waals surface area contributed by atoms with Crippen LogP contribution in [0, 0.1) is 0 Å². The minimum atomic E-state index is -1.08. The Morgan fingerprint density at radius 2 is 2.00 bits per heavy atom. The normalized spacial score (nSPS) is 25.1. The van der Waals surface area contributed by atoms with Gasteiger partial charge in [0.1, 0.15) is 12.0 Å². The van der Waals surface area contributed by atoms with Crippen LogP contribution in [0.25, 0.3) is 0 Å². The van der Waals surface area contributed by atoms with Crippen LogP contribution >= 0.6 is 0 Å². The highest BCUT2D eigenvalue weighted by molar-refractivity contribution is 6.19. The second kappa shape index (κ2) is 6.47. The molecule has 0 saturated heterocycles. The molecule has 4 rings (SSSR count). The Hall–Kier alpha value is -3.02. The first-order chi connectivity index (χ1) is 12.2. The van der Waals surface area contributed by atoms with Crippen molar-refractivity contribution in [1.29, 1.82) is 0 Å². The first-order valence-electron chi connectivity index (χ1n) is 8.23. The summed E-state index contributed by atoms with van der Waals surface area (Å²) in [6.45, 7) is 0. The van der Waals surface area contributed by atoms with Crippen molar-refractivity contribution in [2.75, 3.05) is 5.32 Å². The van der Waals surface area contributed by atoms with Crippen LogP contribution < -0.4 is 11.1 Å². The summed E-state index contributed by atoms with van der Waals surface area (Å²) in [5.41, 5.74) is 8.96. The van der Waals surface area contributed by atoms with E-state index in [1.807, 2.05) is 36.4 Å². The Morgan fingerprint density at radius 1 is 1.16 bits per heavy atom. The number of allylic oxidation sites excluding steroid dienone is 4. The molecular formula is C19H18FN5. The topological polar surface area (TPSA) is 75.7 Å². The molecule has 25 heavy (non-hydrogen) atoms. The molecule has 0 bridgehead atoms. The Kier molecular flexibility index (Phi) is 4.01. The van der Waals surface area contributed by atoms with E-state index in [0.717, 1.165) is 11.3 Å². The van der Waals surface area contributed by atoms with Gasteiger partial charge in [-0.15, -0.1) is 0 Å². The highest BCUT2D eigenvalue weighted by Crippen LogP contribution is 2.28. The van der Waals surface area contributed by atoms with E-state index < -0.39 is 6.17 Å². The molecule has 126 valence electrons. The molecule has 0 radical (unpaired) electrons. The van der Waals surface area contributed by atoms with Gasteiger partial charge < -0.3 is 11.1 Å². The summed E-state index contributed by atoms with van der Waals surface area (Å²) in [6, 6.07) is 3.60. The van der Waals surface area contributed by atoms with E-state index in [4.69, 9.17) is 5.73 Å². The predicted octanol–water partition coefficient (Wildman–Crippen LogP) is 3.07. The van der Waals surface area contributed by atoms with Crippen molar-refractivity contribution in [2.24, 2.45) is 15.7 Å². The lowest BCUT2D eigenvalue weighted by atomic mass is 9.94. The molecule has 2 atom stereocenters. The zero-order valence-corrected chi connectivity index (χ0v) is 13.6. The number of rotatable bonds is 2. The van der Waals surface area contributed by atoms with E-state index in [-0.39, 0.29) is 6.04 Å². The summed E-state index contributed by atoms with van der Waals surface area (Å²) in [4.78, 5) is 13.3. The minimum absolute atomic E-state index is 0.108. The van der Waals surface area contributed by atoms with Gasteiger partial charge in [-0.1, -0.05) is 24.3 Å². The third-order valence-corrected chi connectivity index (χ3v) is 4.32. The molecule has 1 aromatic rings. The number of anilines is 1. The second-order valence-electron chi connectivity index (χ2n) is 6.08. The minimum Gasteiger partial charge on any atom is -0.399 e. The number of fused-ring (bicyclic) bond motifs is 1. The number of amidine groups is 2. The Balaban J connectivity index is 1.74. The number of nitrogens with one attached hydrogen (secondary N) is 1. The third kappa shape index (κ3) is 3.15. The fourth-order valence-corrected chi connectivity index (χ4v) is 3.03. The molecule has 2 aliphatic carbocycles. The molecule has 0 aromatic carbocycles. The molecule has 6 heteroatoms. The molecule has 0 saturated carbocycles. The largest absolute Gasteiger partial charge is 0.399 e. The van der Waals surface area contributed by atoms with E-state index in [0.29, 0.717) is 35.8 Å². The number of hydrogen-bond acceptors (Lipinski definition) is 5. The molecule has 5 nitrogen and oxygen atoms in total. The van der Waals surface area contributed by atoms with Crippen LogP contribution in [-0.4, -0.2) is 28.9 Å². The molecule has 2 heterocycles. The van der Waals surface area contributed by atoms with Crippen LogP contribution in [0.5, 0.6) is 0 Å². The van der Waals surface area contributed by atoms with Crippen LogP contribution in [-0.2, 0) is 0 Å². The maximum absolute atomic E-state index is 14.3. The standard InChI is InChI=1S/C19H18FN5/c20-16-4-2-1-3-14(16)18-24-17-6-5-12(21)11-15(17)19(25-18)23-13-7-9-22-10-8-13/h1-3,5,7-11,16-17H,4,6,21H2,(H,22,23,24,25). The first-order valence-corrected chi connectivity index (χ1v) is 8.23. The summed E-state index contributed by atoms with van der Waals surface area (Å²) in [5, 5.41) is 3.29. The van der Waals surface area contributed by atoms with E-state index in [1.165, 1.54) is 0 Å². The third-order valence-electron chi connectivity index (χ3n) is 4.32. The van der Waals surface area contributed by atoms with Gasteiger partial charge in [0.05, 0.1) is 6.04 Å². The summed E-state index contributed by atoms with van der Waals surface area (Å²) in [7, 11) is 0. The van der Waals surface area contributed by atoms with E-state index in [2.05, 4.69) is 20.3 Å². The van der Waals surface area contributed by atoms with Gasteiger partial charge in [0.2, 0.25) is 0 Å². The van der Waals surface area contributed by atoms with Crippen molar-refractivity contribution < 1.29 is 4.39 Å². The van der Waals surface area contributed by atoms with Crippen molar-refractivity contribution in [3.63, 3.8) is 0 Å². The van der Waals surface area contributed by atoms with Crippen LogP contribution in [0.4, 0.5) is 10.1 Å². The number of alkyl halides is 1. The van der Waals surface area contributed by atoms with Gasteiger partial charge in [0.15, 0.2) is 5.84 Å². The zero-order valence-electron chi connectivity index (χ0n) is 13.6. The van der Waals surface area contributed by atoms with Crippen molar-refractivity contribution in [1.82, 2.24) is 4.98 Å². The van der Waals surface area contributed by atoms with Gasteiger partial charge in [-0.05, 0) is 24.6 Å². The first kappa shape index (κ1) is 15.5. The second-order valence-corrected chi connectivity index (χ2v) is 6.08. The summed E-state index contributed by atoms with van der Waals surface area (Å²) < 4.78 is 14.3. The Bertz CT molecular complexity index is 861. The number of pyridine rings is 1. The average molecular weight is 335 g/mol. The van der Waals surface area contributed by atoms with Crippen LogP contribution in [0.2, 0.25) is 0 Å². The Labute approximate surface area is 145 Å². The number of nitrogens with zero attached hydrogens (tertiary/aromatic N) is 3. The highest BCUT2D eigenvalue weighted by Gasteiger charge is 2.29. The zero-order chi connectivity index (χ0) is 17.2. The van der Waals surface area contributed by atoms with Gasteiger partial charge in [0.25, 0.3) is 0 Å². The average Bonchev–Trinajstić information content (AvgIpc) is 2.63. The Morgan fingerprint density at radius 3 is 2.80 bits per heavy atom. The van der Waals surface area contributed by atoms with Gasteiger partial charge in [-0.2, -0.15) is 0 Å². The summed E-state index contributed by atoms with van der Waals surface area (Å²) >= 11 is 0. The number of aromatic nitrogens is 1. The van der Waals surface area contributed by atoms with Crippen LogP contribution in [0.1, 0.15) is 12.8 Å². The molecule has 0 fully saturated rings. The van der Waals surface area contributed by atoms with E-state index in [9.17, 15) is 4.39 Å². The maximum atomic E-state index is 14.3. The molecule has 0 spiro atoms. The maximum Gasteiger partial charge on any atom is 0.156 e. The lowest BCUT2D eigenvalue weighted by molar-refractivity contribution is 0.391. The molecular weight excluding hydrogens is 317 g/mol. The lowest BCUT2D eigenvalue weighted by Gasteiger charge is -2.27. The monoisotopic (exact) mass is 335 g/mol. The van der Waals surface area contributed by atoms with E-state index >= 15 is 0 Å². The summed E-state index contributed by atoms with van der Waals surface area (Å²) in [6.07, 6.45) is 12.6. The fourth-order valence-electron chi connectivity index (χ4n) is 3.03. The van der Waals surface area contributed by atoms with Crippen molar-refractivity contribution in [2.45, 2.75) is 25.1 Å². The quantitative estimate of drug-likeness (QED) is 0.872. The van der Waals surface area contributed by atoms with Gasteiger partial charge in [-0.3, -0.25) is 9.98 Å².